The van der Waals surface area contributed by atoms with Crippen molar-refractivity contribution in [3.8, 4) is 0 Å². The van der Waals surface area contributed by atoms with Crippen LogP contribution in [-0.4, -0.2) is 32.9 Å². The maximum Gasteiger partial charge on any atom is 0.404 e. The third-order valence-electron chi connectivity index (χ3n) is 5.54. The van der Waals surface area contributed by atoms with Crippen molar-refractivity contribution in [2.75, 3.05) is 6.61 Å². The first kappa shape index (κ1) is 24.8. The second-order valence-corrected chi connectivity index (χ2v) is 13.5. The minimum absolute atomic E-state index is 0.0631. The van der Waals surface area contributed by atoms with Gasteiger partial charge in [0.1, 0.15) is 11.9 Å². The highest BCUT2D eigenvalue weighted by atomic mass is 28.4. The average Bonchev–Trinajstić information content (AvgIpc) is 2.72. The number of carbonyl (C=O) groups is 2. The maximum absolute atomic E-state index is 12.1. The van der Waals surface area contributed by atoms with Crippen molar-refractivity contribution in [3.05, 3.63) is 60.7 Å². The summed E-state index contributed by atoms with van der Waals surface area (Å²) >= 11 is 0. The van der Waals surface area contributed by atoms with E-state index in [-0.39, 0.29) is 23.3 Å². The zero-order chi connectivity index (χ0) is 23.1. The summed E-state index contributed by atoms with van der Waals surface area (Å²) in [5.41, 5.74) is 5.32. The van der Waals surface area contributed by atoms with Gasteiger partial charge >= 0.3 is 6.09 Å². The average molecular weight is 442 g/mol. The highest BCUT2D eigenvalue weighted by molar-refractivity contribution is 6.99. The summed E-state index contributed by atoms with van der Waals surface area (Å²) in [4.78, 5) is 23.7. The van der Waals surface area contributed by atoms with Crippen molar-refractivity contribution < 1.29 is 18.8 Å². The van der Waals surface area contributed by atoms with E-state index in [2.05, 4.69) is 45.0 Å². The molecule has 0 saturated carbocycles. The minimum atomic E-state index is -2.76. The molecule has 0 fully saturated rings. The van der Waals surface area contributed by atoms with E-state index in [1.807, 2.05) is 50.2 Å². The van der Waals surface area contributed by atoms with E-state index in [9.17, 15) is 9.59 Å². The largest absolute Gasteiger partial charge is 0.444 e. The van der Waals surface area contributed by atoms with E-state index < -0.39 is 20.5 Å². The predicted molar refractivity (Wildman–Crippen MR) is 127 cm³/mol. The Hall–Kier alpha value is -2.44. The number of hydrogen-bond donors (Lipinski definition) is 1. The molecule has 31 heavy (non-hydrogen) atoms. The van der Waals surface area contributed by atoms with Gasteiger partial charge in [0.15, 0.2) is 0 Å². The molecule has 2 rings (SSSR count). The number of primary amides is 1. The van der Waals surface area contributed by atoms with Gasteiger partial charge in [-0.2, -0.15) is 0 Å². The maximum atomic E-state index is 12.1. The van der Waals surface area contributed by atoms with Gasteiger partial charge in [-0.25, -0.2) is 4.79 Å². The molecule has 1 amide bonds. The SMILES string of the molecule is CC(C)C(=O)CCC(CO[Si](c1ccccc1)(c1ccccc1)C(C)(C)C)OC(N)=O. The molecule has 1 atom stereocenters. The van der Waals surface area contributed by atoms with Crippen LogP contribution in [-0.2, 0) is 14.0 Å². The topological polar surface area (TPSA) is 78.6 Å². The number of hydrogen-bond acceptors (Lipinski definition) is 4. The van der Waals surface area contributed by atoms with E-state index >= 15 is 0 Å². The molecule has 2 aromatic rings. The van der Waals surface area contributed by atoms with Crippen molar-refractivity contribution in [2.45, 2.75) is 58.6 Å². The number of benzene rings is 2. The van der Waals surface area contributed by atoms with Crippen LogP contribution in [0.4, 0.5) is 4.79 Å². The molecular formula is C25H35NO4Si. The summed E-state index contributed by atoms with van der Waals surface area (Å²) in [6, 6.07) is 20.5. The summed E-state index contributed by atoms with van der Waals surface area (Å²) < 4.78 is 12.2. The Bertz CT molecular complexity index is 807. The van der Waals surface area contributed by atoms with E-state index in [4.69, 9.17) is 14.9 Å². The van der Waals surface area contributed by atoms with Gasteiger partial charge in [0.2, 0.25) is 0 Å². The van der Waals surface area contributed by atoms with Crippen LogP contribution in [0.15, 0.2) is 60.7 Å². The van der Waals surface area contributed by atoms with Gasteiger partial charge in [-0.3, -0.25) is 4.79 Å². The fraction of sp³-hybridized carbons (Fsp3) is 0.440. The first-order valence-corrected chi connectivity index (χ1v) is 12.7. The zero-order valence-electron chi connectivity index (χ0n) is 19.3. The number of carbonyl (C=O) groups excluding carboxylic acids is 2. The van der Waals surface area contributed by atoms with Crippen LogP contribution in [0.25, 0.3) is 0 Å². The van der Waals surface area contributed by atoms with Crippen LogP contribution in [0, 0.1) is 5.92 Å². The van der Waals surface area contributed by atoms with E-state index in [1.165, 1.54) is 0 Å². The Balaban J connectivity index is 2.42. The van der Waals surface area contributed by atoms with Crippen LogP contribution in [0.1, 0.15) is 47.5 Å². The summed E-state index contributed by atoms with van der Waals surface area (Å²) in [6.07, 6.45) is -0.729. The highest BCUT2D eigenvalue weighted by Crippen LogP contribution is 2.37. The van der Waals surface area contributed by atoms with Crippen LogP contribution in [0.3, 0.4) is 0 Å². The van der Waals surface area contributed by atoms with E-state index in [0.717, 1.165) is 10.4 Å². The number of amides is 1. The Labute approximate surface area is 187 Å². The zero-order valence-corrected chi connectivity index (χ0v) is 20.3. The van der Waals surface area contributed by atoms with Gasteiger partial charge in [-0.1, -0.05) is 95.3 Å². The number of ether oxygens (including phenoxy) is 1. The monoisotopic (exact) mass is 441 g/mol. The lowest BCUT2D eigenvalue weighted by Gasteiger charge is -2.43. The Kier molecular flexibility index (Phi) is 8.59. The third kappa shape index (κ3) is 6.28. The van der Waals surface area contributed by atoms with Crippen molar-refractivity contribution in [1.82, 2.24) is 0 Å². The molecule has 1 unspecified atom stereocenters. The summed E-state index contributed by atoms with van der Waals surface area (Å²) in [5, 5.41) is 2.09. The summed E-state index contributed by atoms with van der Waals surface area (Å²) in [6.45, 7) is 10.5. The van der Waals surface area contributed by atoms with E-state index in [0.29, 0.717) is 12.8 Å². The lowest BCUT2D eigenvalue weighted by Crippen LogP contribution is -2.67. The molecule has 0 spiro atoms. The van der Waals surface area contributed by atoms with E-state index in [1.54, 1.807) is 0 Å². The van der Waals surface area contributed by atoms with Gasteiger partial charge in [-0.05, 0) is 21.8 Å². The molecule has 5 nitrogen and oxygen atoms in total. The molecule has 2 N–H and O–H groups in total. The van der Waals surface area contributed by atoms with Crippen molar-refractivity contribution >= 4 is 30.6 Å². The Morgan fingerprint density at radius 1 is 0.935 bits per heavy atom. The Morgan fingerprint density at radius 3 is 1.81 bits per heavy atom. The molecule has 0 saturated heterocycles. The summed E-state index contributed by atoms with van der Waals surface area (Å²) in [7, 11) is -2.76. The molecule has 0 radical (unpaired) electrons. The van der Waals surface area contributed by atoms with Crippen LogP contribution >= 0.6 is 0 Å². The molecule has 0 aromatic heterocycles. The molecule has 168 valence electrons. The molecular weight excluding hydrogens is 406 g/mol. The predicted octanol–water partition coefficient (Wildman–Crippen LogP) is 4.03. The first-order valence-electron chi connectivity index (χ1n) is 10.8. The molecule has 6 heteroatoms. The Morgan fingerprint density at radius 2 is 1.42 bits per heavy atom. The second-order valence-electron chi connectivity index (χ2n) is 9.19. The summed E-state index contributed by atoms with van der Waals surface area (Å²) in [5.74, 6) is 0.0651. The second kappa shape index (κ2) is 10.7. The normalized spacial score (nSPS) is 13.1. The quantitative estimate of drug-likeness (QED) is 0.565. The van der Waals surface area contributed by atoms with Crippen LogP contribution in [0.5, 0.6) is 0 Å². The molecule has 2 aromatic carbocycles. The minimum Gasteiger partial charge on any atom is -0.444 e. The fourth-order valence-corrected chi connectivity index (χ4v) is 8.50. The number of ketones is 1. The fourth-order valence-electron chi connectivity index (χ4n) is 3.91. The number of nitrogens with two attached hydrogens (primary N) is 1. The van der Waals surface area contributed by atoms with Crippen molar-refractivity contribution in [2.24, 2.45) is 11.7 Å². The standard InChI is InChI=1S/C25H35NO4Si/c1-19(2)23(27)17-16-20(30-24(26)28)18-29-31(25(3,4)5,21-12-8-6-9-13-21)22-14-10-7-11-15-22/h6-15,19-20H,16-18H2,1-5H3,(H2,26,28). The first-order chi connectivity index (χ1) is 14.6. The van der Waals surface area contributed by atoms with Crippen LogP contribution < -0.4 is 16.1 Å². The van der Waals surface area contributed by atoms with Gasteiger partial charge < -0.3 is 14.9 Å². The molecule has 0 heterocycles. The van der Waals surface area contributed by atoms with Gasteiger partial charge in [0, 0.05) is 12.3 Å². The van der Waals surface area contributed by atoms with Gasteiger partial charge in [0.25, 0.3) is 8.32 Å². The molecule has 0 aliphatic heterocycles. The molecule has 0 aliphatic carbocycles. The number of Topliss-reactive ketones (excluding diaryl/α,β-unsaturated/α-hetero) is 1. The lowest BCUT2D eigenvalue weighted by atomic mass is 10.0. The molecule has 0 bridgehead atoms. The van der Waals surface area contributed by atoms with Crippen LogP contribution in [0.2, 0.25) is 5.04 Å². The number of rotatable bonds is 10. The van der Waals surface area contributed by atoms with Crippen molar-refractivity contribution in [3.63, 3.8) is 0 Å². The third-order valence-corrected chi connectivity index (χ3v) is 10.5. The highest BCUT2D eigenvalue weighted by Gasteiger charge is 2.50. The lowest BCUT2D eigenvalue weighted by molar-refractivity contribution is -0.122. The van der Waals surface area contributed by atoms with Gasteiger partial charge in [-0.15, -0.1) is 0 Å². The molecule has 0 aliphatic rings. The van der Waals surface area contributed by atoms with Gasteiger partial charge in [0.05, 0.1) is 6.61 Å². The van der Waals surface area contributed by atoms with Crippen molar-refractivity contribution in [1.29, 1.82) is 0 Å². The smallest absolute Gasteiger partial charge is 0.404 e.